The van der Waals surface area contributed by atoms with Gasteiger partial charge in [-0.05, 0) is 38.0 Å². The van der Waals surface area contributed by atoms with Gasteiger partial charge in [-0.25, -0.2) is 9.59 Å². The number of likely N-dealkylation sites (tertiary alicyclic amines) is 2. The first-order valence-electron chi connectivity index (χ1n) is 15.5. The van der Waals surface area contributed by atoms with E-state index < -0.39 is 47.0 Å². The Labute approximate surface area is 244 Å². The first kappa shape index (κ1) is 32.7. The van der Waals surface area contributed by atoms with Gasteiger partial charge in [-0.2, -0.15) is 0 Å². The second kappa shape index (κ2) is 14.4. The molecule has 1 saturated carbocycles. The van der Waals surface area contributed by atoms with Crippen LogP contribution in [0, 0.1) is 11.3 Å². The van der Waals surface area contributed by atoms with Crippen LogP contribution in [0.15, 0.2) is 0 Å². The molecule has 41 heavy (non-hydrogen) atoms. The molecule has 0 aromatic rings. The third kappa shape index (κ3) is 8.82. The first-order valence-corrected chi connectivity index (χ1v) is 15.5. The topological polar surface area (TPSA) is 145 Å². The Hall–Kier alpha value is -2.85. The highest BCUT2D eigenvalue weighted by molar-refractivity contribution is 5.95. The van der Waals surface area contributed by atoms with Crippen LogP contribution in [0.5, 0.6) is 0 Å². The van der Waals surface area contributed by atoms with Crippen LogP contribution in [0.25, 0.3) is 0 Å². The van der Waals surface area contributed by atoms with Gasteiger partial charge < -0.3 is 30.3 Å². The van der Waals surface area contributed by atoms with E-state index in [1.54, 1.807) is 4.90 Å². The standard InChI is InChI=1S/C30H50N4O7/c1-5-6-7-8-9-10-13-21-18-30(21,27(38)39)32-26(37)22-14-11-17-34(22)25(36)19-31-28(40)41-23(29(2,3)4)20-33-16-12-15-24(33)35/h21-23H,5-20H2,1-4H3,(H,31,40)(H,32,37)(H,38,39)/t21?,22-,23+,30+/m0/s1. The van der Waals surface area contributed by atoms with Crippen LogP contribution in [0.3, 0.4) is 0 Å². The number of rotatable bonds is 15. The van der Waals surface area contributed by atoms with Crippen LogP contribution in [0.1, 0.15) is 105 Å². The van der Waals surface area contributed by atoms with Gasteiger partial charge in [-0.15, -0.1) is 0 Å². The maximum Gasteiger partial charge on any atom is 0.407 e. The van der Waals surface area contributed by atoms with E-state index in [4.69, 9.17) is 4.74 Å². The molecule has 3 rings (SSSR count). The number of hydrogen-bond acceptors (Lipinski definition) is 6. The highest BCUT2D eigenvalue weighted by atomic mass is 16.6. The van der Waals surface area contributed by atoms with E-state index in [-0.39, 0.29) is 18.4 Å². The van der Waals surface area contributed by atoms with E-state index >= 15 is 0 Å². The summed E-state index contributed by atoms with van der Waals surface area (Å²) in [6, 6.07) is -0.768. The number of aliphatic carboxylic acids is 1. The third-order valence-corrected chi connectivity index (χ3v) is 8.77. The Morgan fingerprint density at radius 3 is 2.41 bits per heavy atom. The van der Waals surface area contributed by atoms with Crippen molar-refractivity contribution in [2.75, 3.05) is 26.2 Å². The van der Waals surface area contributed by atoms with E-state index in [1.165, 1.54) is 24.2 Å². The van der Waals surface area contributed by atoms with Crippen molar-refractivity contribution >= 4 is 29.8 Å². The summed E-state index contributed by atoms with van der Waals surface area (Å²) in [6.45, 7) is 8.88. The van der Waals surface area contributed by atoms with Gasteiger partial charge in [0, 0.05) is 24.9 Å². The van der Waals surface area contributed by atoms with Crippen LogP contribution in [-0.4, -0.2) is 88.6 Å². The fourth-order valence-corrected chi connectivity index (χ4v) is 5.96. The van der Waals surface area contributed by atoms with E-state index in [2.05, 4.69) is 17.6 Å². The number of nitrogens with one attached hydrogen (secondary N) is 2. The van der Waals surface area contributed by atoms with E-state index in [0.717, 1.165) is 32.1 Å². The lowest BCUT2D eigenvalue weighted by Gasteiger charge is -2.33. The molecular formula is C30H50N4O7. The molecule has 232 valence electrons. The fraction of sp³-hybridized carbons (Fsp3) is 0.833. The van der Waals surface area contributed by atoms with Crippen molar-refractivity contribution in [3.8, 4) is 0 Å². The normalized spacial score (nSPS) is 24.7. The number of carboxylic acid groups (broad SMARTS) is 1. The highest BCUT2D eigenvalue weighted by Gasteiger charge is 2.61. The van der Waals surface area contributed by atoms with Crippen molar-refractivity contribution in [2.24, 2.45) is 11.3 Å². The predicted octanol–water partition coefficient (Wildman–Crippen LogP) is 3.45. The second-order valence-corrected chi connectivity index (χ2v) is 13.0. The van der Waals surface area contributed by atoms with E-state index in [1.807, 2.05) is 20.8 Å². The SMILES string of the molecule is CCCCCCCCC1C[C@]1(NC(=O)[C@@H]1CCCN1C(=O)CNC(=O)O[C@H](CN1CCCC1=O)C(C)(C)C)C(=O)O. The van der Waals surface area contributed by atoms with E-state index in [9.17, 15) is 29.1 Å². The van der Waals surface area contributed by atoms with Gasteiger partial charge >= 0.3 is 12.1 Å². The second-order valence-electron chi connectivity index (χ2n) is 13.0. The number of carbonyl (C=O) groups is 5. The van der Waals surface area contributed by atoms with Crippen molar-refractivity contribution in [2.45, 2.75) is 122 Å². The summed E-state index contributed by atoms with van der Waals surface area (Å²) in [5.74, 6) is -1.95. The molecule has 4 amide bonds. The molecule has 1 unspecified atom stereocenters. The molecule has 0 aromatic carbocycles. The number of carbonyl (C=O) groups excluding carboxylic acids is 4. The van der Waals surface area contributed by atoms with Gasteiger partial charge in [0.1, 0.15) is 24.2 Å². The summed E-state index contributed by atoms with van der Waals surface area (Å²) in [5.41, 5.74) is -1.67. The summed E-state index contributed by atoms with van der Waals surface area (Å²) in [4.78, 5) is 66.1. The molecule has 0 bridgehead atoms. The Morgan fingerprint density at radius 1 is 1.07 bits per heavy atom. The number of amides is 4. The van der Waals surface area contributed by atoms with E-state index in [0.29, 0.717) is 45.3 Å². The lowest BCUT2D eigenvalue weighted by molar-refractivity contribution is -0.145. The van der Waals surface area contributed by atoms with Crippen molar-refractivity contribution in [3.05, 3.63) is 0 Å². The summed E-state index contributed by atoms with van der Waals surface area (Å²) >= 11 is 0. The quantitative estimate of drug-likeness (QED) is 0.252. The molecular weight excluding hydrogens is 528 g/mol. The van der Waals surface area contributed by atoms with Crippen LogP contribution in [-0.2, 0) is 23.9 Å². The van der Waals surface area contributed by atoms with Crippen molar-refractivity contribution in [1.82, 2.24) is 20.4 Å². The first-order chi connectivity index (χ1) is 19.4. The average molecular weight is 579 g/mol. The van der Waals surface area contributed by atoms with Crippen molar-refractivity contribution in [1.29, 1.82) is 0 Å². The molecule has 3 fully saturated rings. The monoisotopic (exact) mass is 578 g/mol. The zero-order valence-corrected chi connectivity index (χ0v) is 25.3. The largest absolute Gasteiger partial charge is 0.479 e. The molecule has 2 saturated heterocycles. The fourth-order valence-electron chi connectivity index (χ4n) is 5.96. The molecule has 11 nitrogen and oxygen atoms in total. The minimum Gasteiger partial charge on any atom is -0.479 e. The van der Waals surface area contributed by atoms with Crippen molar-refractivity contribution < 1.29 is 33.8 Å². The summed E-state index contributed by atoms with van der Waals surface area (Å²) in [6.07, 6.45) is 8.93. The lowest BCUT2D eigenvalue weighted by Crippen LogP contribution is -2.54. The van der Waals surface area contributed by atoms with Crippen LogP contribution < -0.4 is 10.6 Å². The molecule has 1 aliphatic carbocycles. The Balaban J connectivity index is 1.48. The lowest BCUT2D eigenvalue weighted by atomic mass is 9.88. The Kier molecular flexibility index (Phi) is 11.4. The van der Waals surface area contributed by atoms with Crippen LogP contribution >= 0.6 is 0 Å². The molecule has 4 atom stereocenters. The predicted molar refractivity (Wildman–Crippen MR) is 153 cm³/mol. The number of ether oxygens (including phenoxy) is 1. The number of hydrogen-bond donors (Lipinski definition) is 3. The van der Waals surface area contributed by atoms with Crippen molar-refractivity contribution in [3.63, 3.8) is 0 Å². The van der Waals surface area contributed by atoms with Gasteiger partial charge in [0.15, 0.2) is 0 Å². The van der Waals surface area contributed by atoms with Gasteiger partial charge in [-0.3, -0.25) is 14.4 Å². The summed E-state index contributed by atoms with van der Waals surface area (Å²) in [7, 11) is 0. The Bertz CT molecular complexity index is 965. The number of nitrogens with zero attached hydrogens (tertiary/aromatic N) is 2. The molecule has 2 aliphatic heterocycles. The highest BCUT2D eigenvalue weighted by Crippen LogP contribution is 2.47. The minimum absolute atomic E-state index is 0.0430. The smallest absolute Gasteiger partial charge is 0.407 e. The number of unbranched alkanes of at least 4 members (excludes halogenated alkanes) is 5. The van der Waals surface area contributed by atoms with Gasteiger partial charge in [0.2, 0.25) is 17.7 Å². The molecule has 3 N–H and O–H groups in total. The zero-order valence-electron chi connectivity index (χ0n) is 25.3. The third-order valence-electron chi connectivity index (χ3n) is 8.77. The molecule has 0 radical (unpaired) electrons. The molecule has 2 heterocycles. The van der Waals surface area contributed by atoms with Gasteiger partial charge in [-0.1, -0.05) is 66.2 Å². The average Bonchev–Trinajstić information content (AvgIpc) is 3.20. The molecule has 0 spiro atoms. The van der Waals surface area contributed by atoms with Gasteiger partial charge in [0.25, 0.3) is 0 Å². The Morgan fingerprint density at radius 2 is 1.78 bits per heavy atom. The van der Waals surface area contributed by atoms with Gasteiger partial charge in [0.05, 0.1) is 6.54 Å². The summed E-state index contributed by atoms with van der Waals surface area (Å²) < 4.78 is 5.63. The zero-order chi connectivity index (χ0) is 30.2. The minimum atomic E-state index is -1.25. The summed E-state index contributed by atoms with van der Waals surface area (Å²) in [5, 5.41) is 15.2. The molecule has 0 aromatic heterocycles. The maximum absolute atomic E-state index is 13.2. The van der Waals surface area contributed by atoms with Crippen LogP contribution in [0.2, 0.25) is 0 Å². The maximum atomic E-state index is 13.2. The number of alkyl carbamates (subject to hydrolysis) is 1. The molecule has 3 aliphatic rings. The number of carboxylic acids is 1. The van der Waals surface area contributed by atoms with Crippen LogP contribution in [0.4, 0.5) is 4.79 Å². The molecule has 11 heteroatoms.